The highest BCUT2D eigenvalue weighted by Crippen LogP contribution is 2.33. The molecule has 1 saturated heterocycles. The molecule has 3 aromatic rings. The van der Waals surface area contributed by atoms with Gasteiger partial charge < -0.3 is 9.32 Å². The Balaban J connectivity index is 1.63. The van der Waals surface area contributed by atoms with Crippen molar-refractivity contribution >= 4 is 15.7 Å². The Hall–Kier alpha value is -3.07. The molecule has 1 aliphatic rings. The Morgan fingerprint density at radius 2 is 1.85 bits per heavy atom. The van der Waals surface area contributed by atoms with Crippen LogP contribution in [0.3, 0.4) is 0 Å². The largest absolute Gasteiger partial charge is 0.459 e. The lowest BCUT2D eigenvalue weighted by molar-refractivity contribution is -0.137. The smallest absolute Gasteiger partial charge is 0.416 e. The fraction of sp³-hybridized carbons (Fsp3) is 0.292. The Morgan fingerprint density at radius 3 is 2.52 bits per heavy atom. The van der Waals surface area contributed by atoms with E-state index in [1.54, 1.807) is 37.3 Å². The molecule has 0 saturated carbocycles. The summed E-state index contributed by atoms with van der Waals surface area (Å²) in [6.07, 6.45) is -4.16. The average Bonchev–Trinajstić information content (AvgIpc) is 3.37. The Labute approximate surface area is 189 Å². The van der Waals surface area contributed by atoms with Crippen LogP contribution in [0.15, 0.2) is 65.1 Å². The summed E-state index contributed by atoms with van der Waals surface area (Å²) in [4.78, 5) is 14.9. The van der Waals surface area contributed by atoms with Crippen molar-refractivity contribution in [2.45, 2.75) is 32.1 Å². The molecule has 0 aliphatic carbocycles. The van der Waals surface area contributed by atoms with Crippen molar-refractivity contribution in [1.82, 2.24) is 4.90 Å². The van der Waals surface area contributed by atoms with Gasteiger partial charge in [-0.15, -0.1) is 0 Å². The van der Waals surface area contributed by atoms with E-state index in [1.807, 2.05) is 6.07 Å². The summed E-state index contributed by atoms with van der Waals surface area (Å²) in [6, 6.07) is 14.5. The lowest BCUT2D eigenvalue weighted by Gasteiger charge is -2.28. The quantitative estimate of drug-likeness (QED) is 0.513. The third kappa shape index (κ3) is 5.13. The van der Waals surface area contributed by atoms with Gasteiger partial charge >= 0.3 is 6.18 Å². The molecular formula is C24H22F3NO4S. The predicted octanol–water partition coefficient (Wildman–Crippen LogP) is 5.10. The molecule has 0 N–H and O–H groups in total. The SMILES string of the molecule is Cc1ccccc1C(=O)N(Cc1ccc(-c2cccc(C(F)(F)F)c2)o1)[C@H]1CCS(=O)(=O)C1. The van der Waals surface area contributed by atoms with Crippen LogP contribution >= 0.6 is 0 Å². The molecule has 1 fully saturated rings. The van der Waals surface area contributed by atoms with Gasteiger partial charge in [0.15, 0.2) is 9.84 Å². The molecule has 33 heavy (non-hydrogen) atoms. The summed E-state index contributed by atoms with van der Waals surface area (Å²) >= 11 is 0. The first kappa shape index (κ1) is 23.1. The summed E-state index contributed by atoms with van der Waals surface area (Å²) in [5.74, 6) is 0.147. The molecule has 2 aromatic carbocycles. The van der Waals surface area contributed by atoms with Gasteiger partial charge in [0, 0.05) is 17.2 Å². The van der Waals surface area contributed by atoms with Crippen LogP contribution in [0.4, 0.5) is 13.2 Å². The highest BCUT2D eigenvalue weighted by molar-refractivity contribution is 7.91. The number of hydrogen-bond donors (Lipinski definition) is 0. The number of sulfone groups is 1. The van der Waals surface area contributed by atoms with Gasteiger partial charge in [0.2, 0.25) is 0 Å². The molecule has 2 heterocycles. The number of alkyl halides is 3. The summed E-state index contributed by atoms with van der Waals surface area (Å²) < 4.78 is 69.1. The summed E-state index contributed by atoms with van der Waals surface area (Å²) in [5, 5.41) is 0. The van der Waals surface area contributed by atoms with Crippen molar-refractivity contribution in [3.63, 3.8) is 0 Å². The van der Waals surface area contributed by atoms with Crippen molar-refractivity contribution in [1.29, 1.82) is 0 Å². The van der Waals surface area contributed by atoms with Gasteiger partial charge in [0.25, 0.3) is 5.91 Å². The lowest BCUT2D eigenvalue weighted by atomic mass is 10.1. The number of benzene rings is 2. The van der Waals surface area contributed by atoms with Crippen molar-refractivity contribution in [2.75, 3.05) is 11.5 Å². The second kappa shape index (κ2) is 8.70. The number of amides is 1. The van der Waals surface area contributed by atoms with E-state index in [1.165, 1.54) is 17.0 Å². The first-order valence-corrected chi connectivity index (χ1v) is 12.2. The summed E-state index contributed by atoms with van der Waals surface area (Å²) in [7, 11) is -3.25. The second-order valence-electron chi connectivity index (χ2n) is 8.15. The maximum atomic E-state index is 13.4. The van der Waals surface area contributed by atoms with Gasteiger partial charge in [-0.25, -0.2) is 8.42 Å². The van der Waals surface area contributed by atoms with E-state index in [4.69, 9.17) is 4.42 Å². The number of carbonyl (C=O) groups excluding carboxylic acids is 1. The molecule has 9 heteroatoms. The predicted molar refractivity (Wildman–Crippen MR) is 117 cm³/mol. The van der Waals surface area contributed by atoms with Crippen molar-refractivity contribution in [3.8, 4) is 11.3 Å². The van der Waals surface area contributed by atoms with Crippen LogP contribution < -0.4 is 0 Å². The van der Waals surface area contributed by atoms with Crippen LogP contribution in [0.2, 0.25) is 0 Å². The van der Waals surface area contributed by atoms with Gasteiger partial charge in [-0.2, -0.15) is 13.2 Å². The maximum Gasteiger partial charge on any atom is 0.416 e. The third-order valence-electron chi connectivity index (χ3n) is 5.75. The van der Waals surface area contributed by atoms with E-state index >= 15 is 0 Å². The van der Waals surface area contributed by atoms with Crippen LogP contribution in [-0.2, 0) is 22.6 Å². The number of hydrogen-bond acceptors (Lipinski definition) is 4. The molecule has 1 aromatic heterocycles. The van der Waals surface area contributed by atoms with Crippen LogP contribution in [0.5, 0.6) is 0 Å². The van der Waals surface area contributed by atoms with E-state index in [9.17, 15) is 26.4 Å². The molecule has 5 nitrogen and oxygen atoms in total. The highest BCUT2D eigenvalue weighted by atomic mass is 32.2. The Bertz CT molecular complexity index is 1280. The molecule has 1 aliphatic heterocycles. The molecule has 0 bridgehead atoms. The molecule has 1 atom stereocenters. The minimum Gasteiger partial charge on any atom is -0.459 e. The standard InChI is InChI=1S/C24H22F3NO4S/c1-16-5-2-3-8-21(16)23(29)28(19-11-12-33(30,31)15-19)14-20-9-10-22(32-20)17-6-4-7-18(13-17)24(25,26)27/h2-10,13,19H,11-12,14-15H2,1H3/t19-/m0/s1. The molecule has 0 spiro atoms. The molecule has 0 unspecified atom stereocenters. The Morgan fingerprint density at radius 1 is 1.09 bits per heavy atom. The van der Waals surface area contributed by atoms with E-state index in [2.05, 4.69) is 0 Å². The van der Waals surface area contributed by atoms with E-state index in [0.717, 1.165) is 17.7 Å². The van der Waals surface area contributed by atoms with Crippen LogP contribution in [0, 0.1) is 6.92 Å². The second-order valence-corrected chi connectivity index (χ2v) is 10.4. The number of aryl methyl sites for hydroxylation is 1. The monoisotopic (exact) mass is 477 g/mol. The zero-order chi connectivity index (χ0) is 23.8. The van der Waals surface area contributed by atoms with Crippen molar-refractivity contribution in [3.05, 3.63) is 83.1 Å². The lowest BCUT2D eigenvalue weighted by Crippen LogP contribution is -2.40. The van der Waals surface area contributed by atoms with Gasteiger partial charge in [-0.3, -0.25) is 4.79 Å². The number of rotatable bonds is 5. The molecule has 0 radical (unpaired) electrons. The van der Waals surface area contributed by atoms with Crippen molar-refractivity contribution < 1.29 is 30.8 Å². The van der Waals surface area contributed by atoms with Crippen molar-refractivity contribution in [2.24, 2.45) is 0 Å². The van der Waals surface area contributed by atoms with E-state index in [-0.39, 0.29) is 35.3 Å². The van der Waals surface area contributed by atoms with Crippen LogP contribution in [0.25, 0.3) is 11.3 Å². The van der Waals surface area contributed by atoms with Crippen LogP contribution in [-0.4, -0.2) is 36.8 Å². The fourth-order valence-electron chi connectivity index (χ4n) is 3.99. The van der Waals surface area contributed by atoms with Gasteiger partial charge in [-0.05, 0) is 49.2 Å². The average molecular weight is 478 g/mol. The zero-order valence-corrected chi connectivity index (χ0v) is 18.6. The molecular weight excluding hydrogens is 455 g/mol. The van der Waals surface area contributed by atoms with Crippen LogP contribution in [0.1, 0.15) is 33.7 Å². The normalized spacial score (nSPS) is 17.8. The van der Waals surface area contributed by atoms with E-state index in [0.29, 0.717) is 17.7 Å². The Kier molecular flexibility index (Phi) is 6.09. The number of furan rings is 1. The highest BCUT2D eigenvalue weighted by Gasteiger charge is 2.36. The van der Waals surface area contributed by atoms with Gasteiger partial charge in [0.05, 0.1) is 23.6 Å². The fourth-order valence-corrected chi connectivity index (χ4v) is 5.72. The molecule has 174 valence electrons. The topological polar surface area (TPSA) is 67.6 Å². The van der Waals surface area contributed by atoms with E-state index < -0.39 is 27.6 Å². The number of halogens is 3. The first-order valence-electron chi connectivity index (χ1n) is 10.4. The minimum absolute atomic E-state index is 0.00284. The summed E-state index contributed by atoms with van der Waals surface area (Å²) in [6.45, 7) is 1.81. The zero-order valence-electron chi connectivity index (χ0n) is 17.8. The molecule has 1 amide bonds. The molecule has 4 rings (SSSR count). The number of nitrogens with zero attached hydrogens (tertiary/aromatic N) is 1. The maximum absolute atomic E-state index is 13.4. The number of carbonyl (C=O) groups is 1. The first-order chi connectivity index (χ1) is 15.5. The van der Waals surface area contributed by atoms with Gasteiger partial charge in [0.1, 0.15) is 11.5 Å². The minimum atomic E-state index is -4.48. The summed E-state index contributed by atoms with van der Waals surface area (Å²) in [5.41, 5.74) is 0.700. The third-order valence-corrected chi connectivity index (χ3v) is 7.50. The van der Waals surface area contributed by atoms with Gasteiger partial charge in [-0.1, -0.05) is 30.3 Å².